The Bertz CT molecular complexity index is 1540. The van der Waals surface area contributed by atoms with E-state index in [4.69, 9.17) is 11.2 Å². The van der Waals surface area contributed by atoms with E-state index >= 15 is 0 Å². The summed E-state index contributed by atoms with van der Waals surface area (Å²) in [4.78, 5) is 0. The Kier molecular flexibility index (Phi) is 7.42. The first kappa shape index (κ1) is 25.9. The van der Waals surface area contributed by atoms with Gasteiger partial charge in [0.25, 0.3) is 0 Å². The summed E-state index contributed by atoms with van der Waals surface area (Å²) in [7, 11) is 0. The molecule has 202 valence electrons. The highest BCUT2D eigenvalue weighted by molar-refractivity contribution is 5.36. The largest absolute Gasteiger partial charge is 0.343 e. The van der Waals surface area contributed by atoms with Gasteiger partial charge >= 0.3 is 0 Å². The van der Waals surface area contributed by atoms with Crippen molar-refractivity contribution in [1.82, 2.24) is 45.0 Å². The Morgan fingerprint density at radius 1 is 0.561 bits per heavy atom. The molecular formula is C31H27N9O. The summed E-state index contributed by atoms with van der Waals surface area (Å²) in [6.07, 6.45) is 11.2. The van der Waals surface area contributed by atoms with Gasteiger partial charge < -0.3 is 4.74 Å². The van der Waals surface area contributed by atoms with Crippen LogP contribution in [0.15, 0.2) is 110 Å². The number of rotatable bonds is 11. The quantitative estimate of drug-likeness (QED) is 0.231. The second-order valence-electron chi connectivity index (χ2n) is 9.53. The first-order chi connectivity index (χ1) is 20.2. The molecule has 0 radical (unpaired) electrons. The highest BCUT2D eigenvalue weighted by Gasteiger charge is 2.46. The zero-order chi connectivity index (χ0) is 27.9. The molecule has 6 rings (SSSR count). The van der Waals surface area contributed by atoms with Gasteiger partial charge in [-0.2, -0.15) is 0 Å². The lowest BCUT2D eigenvalue weighted by Gasteiger charge is -2.26. The minimum absolute atomic E-state index is 0.0252. The smallest absolute Gasteiger partial charge is 0.205 e. The van der Waals surface area contributed by atoms with Gasteiger partial charge in [0.1, 0.15) is 23.7 Å². The molecule has 0 saturated carbocycles. The Labute approximate surface area is 237 Å². The van der Waals surface area contributed by atoms with Crippen LogP contribution in [0.25, 0.3) is 0 Å². The molecule has 0 aliphatic carbocycles. The van der Waals surface area contributed by atoms with Crippen LogP contribution in [0, 0.1) is 12.3 Å². The van der Waals surface area contributed by atoms with Crippen molar-refractivity contribution in [2.75, 3.05) is 6.61 Å². The second-order valence-corrected chi connectivity index (χ2v) is 9.53. The summed E-state index contributed by atoms with van der Waals surface area (Å²) in [5, 5.41) is 26.9. The van der Waals surface area contributed by atoms with E-state index in [0.29, 0.717) is 36.7 Å². The molecule has 0 aliphatic heterocycles. The highest BCUT2D eigenvalue weighted by Crippen LogP contribution is 2.37. The van der Waals surface area contributed by atoms with Crippen LogP contribution >= 0.6 is 0 Å². The van der Waals surface area contributed by atoms with Crippen LogP contribution in [0.2, 0.25) is 0 Å². The van der Waals surface area contributed by atoms with Gasteiger partial charge in [-0.05, 0) is 16.7 Å². The number of ether oxygens (including phenoxy) is 1. The molecule has 0 spiro atoms. The molecule has 0 fully saturated rings. The van der Waals surface area contributed by atoms with Gasteiger partial charge in [-0.25, -0.2) is 14.0 Å². The summed E-state index contributed by atoms with van der Waals surface area (Å²) >= 11 is 0. The summed E-state index contributed by atoms with van der Waals surface area (Å²) in [6, 6.07) is 30.1. The lowest BCUT2D eigenvalue weighted by molar-refractivity contribution is 0.0249. The van der Waals surface area contributed by atoms with Crippen molar-refractivity contribution in [2.24, 2.45) is 0 Å². The molecule has 0 N–H and O–H groups in total. The Hall–Kier alpha value is -5.40. The van der Waals surface area contributed by atoms with Crippen molar-refractivity contribution < 1.29 is 4.74 Å². The molecule has 3 aromatic heterocycles. The SMILES string of the molecule is C#CCOC(c1cn(Cc2ccccc2)nn1)(c1cn(Cc2ccccc2)nn1)c1cn(Cc2ccccc2)nn1. The fourth-order valence-corrected chi connectivity index (χ4v) is 4.69. The molecule has 3 aromatic carbocycles. The summed E-state index contributed by atoms with van der Waals surface area (Å²) in [5.74, 6) is 2.58. The molecule has 6 aromatic rings. The second kappa shape index (κ2) is 11.8. The molecule has 41 heavy (non-hydrogen) atoms. The molecule has 0 atom stereocenters. The topological polar surface area (TPSA) is 101 Å². The van der Waals surface area contributed by atoms with Crippen LogP contribution in [-0.4, -0.2) is 51.6 Å². The lowest BCUT2D eigenvalue weighted by Crippen LogP contribution is -2.35. The highest BCUT2D eigenvalue weighted by atomic mass is 16.5. The van der Waals surface area contributed by atoms with Crippen molar-refractivity contribution in [3.8, 4) is 12.3 Å². The summed E-state index contributed by atoms with van der Waals surface area (Å²) in [5.41, 5.74) is 3.28. The van der Waals surface area contributed by atoms with E-state index in [1.165, 1.54) is 0 Å². The van der Waals surface area contributed by atoms with E-state index < -0.39 is 5.60 Å². The van der Waals surface area contributed by atoms with E-state index in [-0.39, 0.29) is 6.61 Å². The van der Waals surface area contributed by atoms with Crippen LogP contribution in [0.4, 0.5) is 0 Å². The van der Waals surface area contributed by atoms with Gasteiger partial charge in [-0.1, -0.05) is 113 Å². The number of hydrogen-bond donors (Lipinski definition) is 0. The molecule has 10 heteroatoms. The first-order valence-electron chi connectivity index (χ1n) is 13.1. The molecule has 10 nitrogen and oxygen atoms in total. The van der Waals surface area contributed by atoms with Crippen LogP contribution in [-0.2, 0) is 30.0 Å². The lowest BCUT2D eigenvalue weighted by atomic mass is 9.92. The van der Waals surface area contributed by atoms with Crippen molar-refractivity contribution in [3.63, 3.8) is 0 Å². The molecular weight excluding hydrogens is 514 g/mol. The maximum absolute atomic E-state index is 6.44. The molecule has 0 amide bonds. The zero-order valence-corrected chi connectivity index (χ0v) is 22.2. The Morgan fingerprint density at radius 2 is 0.902 bits per heavy atom. The third kappa shape index (κ3) is 5.66. The zero-order valence-electron chi connectivity index (χ0n) is 22.2. The maximum Gasteiger partial charge on any atom is 0.205 e. The van der Waals surface area contributed by atoms with Crippen LogP contribution in [0.5, 0.6) is 0 Å². The third-order valence-corrected chi connectivity index (χ3v) is 6.63. The van der Waals surface area contributed by atoms with Gasteiger partial charge in [0.05, 0.1) is 38.2 Å². The monoisotopic (exact) mass is 541 g/mol. The van der Waals surface area contributed by atoms with E-state index in [9.17, 15) is 0 Å². The minimum atomic E-state index is -1.40. The van der Waals surface area contributed by atoms with Crippen molar-refractivity contribution >= 4 is 0 Å². The number of nitrogens with zero attached hydrogens (tertiary/aromatic N) is 9. The first-order valence-corrected chi connectivity index (χ1v) is 13.1. The molecule has 0 unspecified atom stereocenters. The van der Waals surface area contributed by atoms with Gasteiger partial charge in [0.2, 0.25) is 5.60 Å². The van der Waals surface area contributed by atoms with Gasteiger partial charge in [-0.3, -0.25) is 0 Å². The van der Waals surface area contributed by atoms with Gasteiger partial charge in [0.15, 0.2) is 0 Å². The molecule has 0 saturated heterocycles. The predicted molar refractivity (Wildman–Crippen MR) is 151 cm³/mol. The number of aromatic nitrogens is 9. The van der Waals surface area contributed by atoms with Crippen LogP contribution in [0.3, 0.4) is 0 Å². The van der Waals surface area contributed by atoms with Crippen molar-refractivity contribution in [1.29, 1.82) is 0 Å². The summed E-state index contributed by atoms with van der Waals surface area (Å²) in [6.45, 7) is 1.56. The summed E-state index contributed by atoms with van der Waals surface area (Å²) < 4.78 is 11.7. The Morgan fingerprint density at radius 3 is 1.22 bits per heavy atom. The van der Waals surface area contributed by atoms with E-state index in [0.717, 1.165) is 16.7 Å². The van der Waals surface area contributed by atoms with Crippen molar-refractivity contribution in [2.45, 2.75) is 25.2 Å². The number of terminal acetylenes is 1. The Balaban J connectivity index is 1.42. The van der Waals surface area contributed by atoms with Gasteiger partial charge in [-0.15, -0.1) is 21.7 Å². The predicted octanol–water partition coefficient (Wildman–Crippen LogP) is 3.55. The standard InChI is InChI=1S/C31H27N9O/c1-2-18-41-31(28-22-38(35-32-28)19-25-12-6-3-7-13-25,29-23-39(36-33-29)20-26-14-8-4-9-15-26)30-24-40(37-34-30)21-27-16-10-5-11-17-27/h1,3-17,22-24H,18-21H2. The minimum Gasteiger partial charge on any atom is -0.343 e. The number of benzene rings is 3. The molecule has 3 heterocycles. The van der Waals surface area contributed by atoms with Crippen LogP contribution < -0.4 is 0 Å². The average Bonchev–Trinajstić information content (AvgIpc) is 3.79. The normalized spacial score (nSPS) is 11.4. The third-order valence-electron chi connectivity index (χ3n) is 6.63. The van der Waals surface area contributed by atoms with E-state index in [1.54, 1.807) is 14.0 Å². The maximum atomic E-state index is 6.44. The average molecular weight is 542 g/mol. The fourth-order valence-electron chi connectivity index (χ4n) is 4.69. The fraction of sp³-hybridized carbons (Fsp3) is 0.161. The van der Waals surface area contributed by atoms with Crippen molar-refractivity contribution in [3.05, 3.63) is 143 Å². The molecule has 0 bridgehead atoms. The number of hydrogen-bond acceptors (Lipinski definition) is 7. The van der Waals surface area contributed by atoms with E-state index in [1.807, 2.05) is 110 Å². The van der Waals surface area contributed by atoms with Crippen LogP contribution in [0.1, 0.15) is 33.8 Å². The molecule has 0 aliphatic rings. The van der Waals surface area contributed by atoms with E-state index in [2.05, 4.69) is 36.9 Å². The van der Waals surface area contributed by atoms with Gasteiger partial charge in [0, 0.05) is 0 Å².